The Kier molecular flexibility index (Phi) is 5.61. The molecule has 3 fully saturated rings. The molecular formula is C20H27FN4O3. The van der Waals surface area contributed by atoms with Gasteiger partial charge in [0.25, 0.3) is 5.91 Å². The normalized spacial score (nSPS) is 21.5. The number of carbonyl (C=O) groups excluding carboxylic acids is 2. The van der Waals surface area contributed by atoms with Gasteiger partial charge in [-0.3, -0.25) is 14.5 Å². The second kappa shape index (κ2) is 8.14. The Morgan fingerprint density at radius 2 is 2.07 bits per heavy atom. The van der Waals surface area contributed by atoms with E-state index in [2.05, 4.69) is 10.2 Å². The molecule has 3 N–H and O–H groups in total. The Morgan fingerprint density at radius 1 is 1.32 bits per heavy atom. The number of carbonyl (C=O) groups is 2. The minimum atomic E-state index is -0.546. The zero-order chi connectivity index (χ0) is 19.7. The highest BCUT2D eigenvalue weighted by Gasteiger charge is 2.42. The molecule has 0 spiro atoms. The molecule has 1 atom stereocenters. The van der Waals surface area contributed by atoms with Crippen LogP contribution in [0.25, 0.3) is 0 Å². The van der Waals surface area contributed by atoms with Crippen molar-refractivity contribution in [1.29, 1.82) is 0 Å². The molecule has 2 amide bonds. The topological polar surface area (TPSA) is 87.9 Å². The van der Waals surface area contributed by atoms with E-state index in [1.54, 1.807) is 6.07 Å². The first-order valence-electron chi connectivity index (χ1n) is 10.0. The molecule has 1 aromatic carbocycles. The van der Waals surface area contributed by atoms with Crippen LogP contribution in [0.15, 0.2) is 18.2 Å². The highest BCUT2D eigenvalue weighted by Crippen LogP contribution is 2.37. The second-order valence-corrected chi connectivity index (χ2v) is 7.77. The van der Waals surface area contributed by atoms with Gasteiger partial charge in [0.15, 0.2) is 0 Å². The van der Waals surface area contributed by atoms with E-state index < -0.39 is 11.9 Å². The number of anilines is 2. The molecule has 3 aliphatic rings. The molecule has 1 heterocycles. The summed E-state index contributed by atoms with van der Waals surface area (Å²) in [6.07, 6.45) is 5.63. The van der Waals surface area contributed by atoms with Crippen molar-refractivity contribution in [3.63, 3.8) is 0 Å². The van der Waals surface area contributed by atoms with Gasteiger partial charge in [0.1, 0.15) is 18.5 Å². The number of halogens is 1. The number of hydrogen-bond donors (Lipinski definition) is 2. The smallest absolute Gasteiger partial charge is 0.253 e. The van der Waals surface area contributed by atoms with Crippen molar-refractivity contribution >= 4 is 23.2 Å². The molecule has 1 saturated heterocycles. The van der Waals surface area contributed by atoms with Gasteiger partial charge in [0, 0.05) is 30.9 Å². The molecule has 28 heavy (non-hydrogen) atoms. The summed E-state index contributed by atoms with van der Waals surface area (Å²) >= 11 is 0. The lowest BCUT2D eigenvalue weighted by Crippen LogP contribution is -2.55. The molecule has 7 nitrogen and oxygen atoms in total. The third-order valence-electron chi connectivity index (χ3n) is 5.84. The van der Waals surface area contributed by atoms with Crippen molar-refractivity contribution in [2.24, 2.45) is 5.73 Å². The lowest BCUT2D eigenvalue weighted by molar-refractivity contribution is -0.126. The van der Waals surface area contributed by atoms with Gasteiger partial charge in [-0.1, -0.05) is 6.42 Å². The lowest BCUT2D eigenvalue weighted by Gasteiger charge is -2.41. The summed E-state index contributed by atoms with van der Waals surface area (Å²) in [7, 11) is 0. The van der Waals surface area contributed by atoms with E-state index in [1.807, 2.05) is 0 Å². The minimum absolute atomic E-state index is 0.0473. The van der Waals surface area contributed by atoms with E-state index in [-0.39, 0.29) is 30.7 Å². The molecule has 0 bridgehead atoms. The fourth-order valence-corrected chi connectivity index (χ4v) is 4.03. The Hall–Kier alpha value is -2.03. The molecule has 1 aromatic rings. The molecule has 0 radical (unpaired) electrons. The first-order valence-corrected chi connectivity index (χ1v) is 10.0. The average Bonchev–Trinajstić information content (AvgIpc) is 3.46. The monoisotopic (exact) mass is 390 g/mol. The third kappa shape index (κ3) is 3.90. The van der Waals surface area contributed by atoms with Gasteiger partial charge in [-0.15, -0.1) is 0 Å². The van der Waals surface area contributed by atoms with Gasteiger partial charge in [-0.2, -0.15) is 0 Å². The van der Waals surface area contributed by atoms with Crippen molar-refractivity contribution in [2.45, 2.75) is 50.2 Å². The number of rotatable bonds is 7. The first-order chi connectivity index (χ1) is 13.6. The number of nitrogens with two attached hydrogens (primary N) is 1. The molecule has 4 rings (SSSR count). The number of nitrogens with one attached hydrogen (secondary N) is 1. The molecule has 2 saturated carbocycles. The number of morpholine rings is 1. The highest BCUT2D eigenvalue weighted by atomic mass is 19.1. The van der Waals surface area contributed by atoms with E-state index in [0.717, 1.165) is 25.7 Å². The molecule has 0 aromatic heterocycles. The molecule has 2 aliphatic carbocycles. The average molecular weight is 390 g/mol. The van der Waals surface area contributed by atoms with Gasteiger partial charge in [-0.05, 0) is 43.9 Å². The zero-order valence-corrected chi connectivity index (χ0v) is 15.9. The fourth-order valence-electron chi connectivity index (χ4n) is 4.03. The van der Waals surface area contributed by atoms with E-state index in [4.69, 9.17) is 10.5 Å². The van der Waals surface area contributed by atoms with Crippen LogP contribution in [0, 0.1) is 5.82 Å². The van der Waals surface area contributed by atoms with Crippen molar-refractivity contribution < 1.29 is 18.7 Å². The predicted octanol–water partition coefficient (Wildman–Crippen LogP) is 1.47. The maximum absolute atomic E-state index is 14.6. The van der Waals surface area contributed by atoms with Crippen LogP contribution in [0.3, 0.4) is 0 Å². The van der Waals surface area contributed by atoms with Crippen LogP contribution >= 0.6 is 0 Å². The Bertz CT molecular complexity index is 751. The zero-order valence-electron chi connectivity index (χ0n) is 15.9. The van der Waals surface area contributed by atoms with Crippen LogP contribution in [0.2, 0.25) is 0 Å². The maximum atomic E-state index is 14.6. The van der Waals surface area contributed by atoms with Crippen LogP contribution in [0.1, 0.15) is 32.1 Å². The van der Waals surface area contributed by atoms with Crippen molar-refractivity contribution in [1.82, 2.24) is 4.90 Å². The van der Waals surface area contributed by atoms with Crippen LogP contribution in [-0.4, -0.2) is 61.1 Å². The lowest BCUT2D eigenvalue weighted by atomic mass is 9.90. The van der Waals surface area contributed by atoms with Crippen LogP contribution in [0.5, 0.6) is 0 Å². The van der Waals surface area contributed by atoms with Crippen LogP contribution in [0.4, 0.5) is 15.8 Å². The molecule has 8 heteroatoms. The van der Waals surface area contributed by atoms with Crippen LogP contribution < -0.4 is 16.0 Å². The van der Waals surface area contributed by atoms with Gasteiger partial charge in [-0.25, -0.2) is 4.39 Å². The number of amides is 2. The Balaban J connectivity index is 1.46. The number of ether oxygens (including phenoxy) is 1. The largest absolute Gasteiger partial charge is 0.370 e. The number of hydrogen-bond acceptors (Lipinski definition) is 5. The van der Waals surface area contributed by atoms with Gasteiger partial charge >= 0.3 is 0 Å². The quantitative estimate of drug-likeness (QED) is 0.736. The first kappa shape index (κ1) is 19.3. The van der Waals surface area contributed by atoms with E-state index in [0.29, 0.717) is 30.9 Å². The predicted molar refractivity (Wildman–Crippen MR) is 104 cm³/mol. The highest BCUT2D eigenvalue weighted by molar-refractivity contribution is 5.97. The summed E-state index contributed by atoms with van der Waals surface area (Å²) in [6, 6.07) is 4.87. The molecule has 0 unspecified atom stereocenters. The van der Waals surface area contributed by atoms with E-state index in [1.165, 1.54) is 23.5 Å². The maximum Gasteiger partial charge on any atom is 0.253 e. The summed E-state index contributed by atoms with van der Waals surface area (Å²) in [5.41, 5.74) is 6.52. The fraction of sp³-hybridized carbons (Fsp3) is 0.600. The molecule has 1 aliphatic heterocycles. The third-order valence-corrected chi connectivity index (χ3v) is 5.84. The Morgan fingerprint density at radius 3 is 2.64 bits per heavy atom. The summed E-state index contributed by atoms with van der Waals surface area (Å²) in [6.45, 7) is 0.879. The SMILES string of the molecule is NC[C@@H](C(=O)Nc1ccc(N2CCOCC2=O)c(F)c1)N(C1CCC1)C1CC1. The molecule has 152 valence electrons. The van der Waals surface area contributed by atoms with E-state index in [9.17, 15) is 14.0 Å². The Labute approximate surface area is 164 Å². The van der Waals surface area contributed by atoms with E-state index >= 15 is 0 Å². The van der Waals surface area contributed by atoms with Crippen LogP contribution in [-0.2, 0) is 14.3 Å². The summed E-state index contributed by atoms with van der Waals surface area (Å²) in [5, 5.41) is 2.81. The summed E-state index contributed by atoms with van der Waals surface area (Å²) < 4.78 is 19.7. The number of benzene rings is 1. The second-order valence-electron chi connectivity index (χ2n) is 7.77. The standard InChI is InChI=1S/C20H27FN4O3/c21-16-10-13(4-7-17(16)24-8-9-28-12-19(24)26)23-20(27)18(11-22)25(15-5-6-15)14-2-1-3-14/h4,7,10,14-15,18H,1-3,5-6,8-9,11-12,22H2,(H,23,27)/t18-/m0/s1. The van der Waals surface area contributed by atoms with Gasteiger partial charge in [0.05, 0.1) is 12.3 Å². The minimum Gasteiger partial charge on any atom is -0.370 e. The number of nitrogens with zero attached hydrogens (tertiary/aromatic N) is 2. The summed E-state index contributed by atoms with van der Waals surface area (Å²) in [4.78, 5) is 28.4. The van der Waals surface area contributed by atoms with Gasteiger partial charge < -0.3 is 20.7 Å². The summed E-state index contributed by atoms with van der Waals surface area (Å²) in [5.74, 6) is -1.02. The van der Waals surface area contributed by atoms with Crippen molar-refractivity contribution in [2.75, 3.05) is 36.5 Å². The molecular weight excluding hydrogens is 363 g/mol. The van der Waals surface area contributed by atoms with Crippen molar-refractivity contribution in [3.05, 3.63) is 24.0 Å². The van der Waals surface area contributed by atoms with Crippen molar-refractivity contribution in [3.8, 4) is 0 Å². The van der Waals surface area contributed by atoms with Gasteiger partial charge in [0.2, 0.25) is 5.91 Å².